The Balaban J connectivity index is 1.56. The van der Waals surface area contributed by atoms with Gasteiger partial charge in [-0.05, 0) is 24.6 Å². The first kappa shape index (κ1) is 16.1. The summed E-state index contributed by atoms with van der Waals surface area (Å²) in [5.41, 5.74) is 1.67. The quantitative estimate of drug-likeness (QED) is 0.914. The summed E-state index contributed by atoms with van der Waals surface area (Å²) in [6.45, 7) is 5.11. The zero-order valence-corrected chi connectivity index (χ0v) is 14.0. The molecule has 0 bridgehead atoms. The Bertz CT molecular complexity index is 701. The third kappa shape index (κ3) is 3.95. The molecule has 2 aromatic rings. The second-order valence-electron chi connectivity index (χ2n) is 5.65. The van der Waals surface area contributed by atoms with Gasteiger partial charge >= 0.3 is 0 Å². The van der Waals surface area contributed by atoms with Crippen molar-refractivity contribution in [2.75, 3.05) is 18.4 Å². The predicted octanol–water partition coefficient (Wildman–Crippen LogP) is 3.23. The summed E-state index contributed by atoms with van der Waals surface area (Å²) >= 11 is 1.55. The Hall–Kier alpha value is -1.79. The predicted molar refractivity (Wildman–Crippen MR) is 90.1 cm³/mol. The third-order valence-corrected chi connectivity index (χ3v) is 5.08. The van der Waals surface area contributed by atoms with Crippen LogP contribution in [0.5, 0.6) is 0 Å². The van der Waals surface area contributed by atoms with E-state index >= 15 is 0 Å². The number of thiazole rings is 1. The molecule has 1 aliphatic heterocycles. The van der Waals surface area contributed by atoms with E-state index < -0.39 is 0 Å². The molecule has 0 radical (unpaired) electrons. The number of nitrogens with zero attached hydrogens (tertiary/aromatic N) is 2. The van der Waals surface area contributed by atoms with Gasteiger partial charge < -0.3 is 5.32 Å². The molecule has 0 saturated heterocycles. The van der Waals surface area contributed by atoms with Crippen LogP contribution in [0, 0.1) is 5.82 Å². The molecule has 23 heavy (non-hydrogen) atoms. The van der Waals surface area contributed by atoms with Gasteiger partial charge in [-0.3, -0.25) is 9.69 Å². The van der Waals surface area contributed by atoms with Crippen molar-refractivity contribution in [2.45, 2.75) is 32.7 Å². The van der Waals surface area contributed by atoms with Crippen LogP contribution in [-0.2, 0) is 24.2 Å². The minimum absolute atomic E-state index is 0.119. The standard InChI is InChI=1S/C17H20FN3OS/c1-2-21-10-9-14-15(11-21)23-17(19-14)20-16(22)8-7-12-5-3-4-6-13(12)18/h3-6H,2,7-11H2,1H3,(H,19,20,22). The molecule has 1 aliphatic rings. The number of hydrogen-bond acceptors (Lipinski definition) is 4. The van der Waals surface area contributed by atoms with Crippen LogP contribution in [-0.4, -0.2) is 28.9 Å². The number of halogens is 1. The second kappa shape index (κ2) is 7.19. The van der Waals surface area contributed by atoms with E-state index in [1.54, 1.807) is 29.5 Å². The molecule has 1 aromatic heterocycles. The summed E-state index contributed by atoms with van der Waals surface area (Å²) in [4.78, 5) is 20.2. The molecule has 0 aliphatic carbocycles. The molecule has 6 heteroatoms. The number of rotatable bonds is 5. The molecule has 0 saturated carbocycles. The highest BCUT2D eigenvalue weighted by Crippen LogP contribution is 2.28. The zero-order chi connectivity index (χ0) is 16.2. The topological polar surface area (TPSA) is 45.2 Å². The summed E-state index contributed by atoms with van der Waals surface area (Å²) in [6, 6.07) is 6.56. The maximum Gasteiger partial charge on any atom is 0.226 e. The van der Waals surface area contributed by atoms with Gasteiger partial charge in [0.25, 0.3) is 0 Å². The molecule has 0 unspecified atom stereocenters. The lowest BCUT2D eigenvalue weighted by molar-refractivity contribution is -0.116. The number of aromatic nitrogens is 1. The van der Waals surface area contributed by atoms with Gasteiger partial charge in [0.2, 0.25) is 5.91 Å². The summed E-state index contributed by atoms with van der Waals surface area (Å²) < 4.78 is 13.5. The van der Waals surface area contributed by atoms with Crippen molar-refractivity contribution in [3.8, 4) is 0 Å². The molecular formula is C17H20FN3OS. The van der Waals surface area contributed by atoms with Crippen LogP contribution >= 0.6 is 11.3 Å². The van der Waals surface area contributed by atoms with E-state index in [-0.39, 0.29) is 18.1 Å². The van der Waals surface area contributed by atoms with Gasteiger partial charge in [-0.15, -0.1) is 11.3 Å². The van der Waals surface area contributed by atoms with Crippen LogP contribution in [0.3, 0.4) is 0 Å². The zero-order valence-electron chi connectivity index (χ0n) is 13.1. The molecule has 0 fully saturated rings. The average Bonchev–Trinajstić information content (AvgIpc) is 2.95. The minimum atomic E-state index is -0.260. The highest BCUT2D eigenvalue weighted by molar-refractivity contribution is 7.15. The summed E-state index contributed by atoms with van der Waals surface area (Å²) in [5.74, 6) is -0.378. The van der Waals surface area contributed by atoms with Gasteiger partial charge in [0.05, 0.1) is 5.69 Å². The first-order valence-corrected chi connectivity index (χ1v) is 8.71. The summed E-state index contributed by atoms with van der Waals surface area (Å²) in [6.07, 6.45) is 1.59. The molecule has 1 aromatic carbocycles. The summed E-state index contributed by atoms with van der Waals surface area (Å²) in [5, 5.41) is 3.51. The van der Waals surface area contributed by atoms with Gasteiger partial charge in [-0.1, -0.05) is 25.1 Å². The molecule has 122 valence electrons. The van der Waals surface area contributed by atoms with Crippen LogP contribution in [0.25, 0.3) is 0 Å². The van der Waals surface area contributed by atoms with Crippen molar-refractivity contribution >= 4 is 22.4 Å². The largest absolute Gasteiger partial charge is 0.302 e. The molecule has 1 N–H and O–H groups in total. The number of anilines is 1. The molecule has 0 atom stereocenters. The van der Waals surface area contributed by atoms with E-state index in [1.165, 1.54) is 10.9 Å². The molecule has 0 spiro atoms. The third-order valence-electron chi connectivity index (χ3n) is 4.08. The van der Waals surface area contributed by atoms with Gasteiger partial charge in [0.15, 0.2) is 5.13 Å². The van der Waals surface area contributed by atoms with E-state index in [0.29, 0.717) is 17.1 Å². The minimum Gasteiger partial charge on any atom is -0.302 e. The molecule has 2 heterocycles. The summed E-state index contributed by atoms with van der Waals surface area (Å²) in [7, 11) is 0. The van der Waals surface area contributed by atoms with Gasteiger partial charge in [0, 0.05) is 30.8 Å². The first-order valence-electron chi connectivity index (χ1n) is 7.90. The van der Waals surface area contributed by atoms with Crippen LogP contribution in [0.4, 0.5) is 9.52 Å². The van der Waals surface area contributed by atoms with Crippen LogP contribution in [0.2, 0.25) is 0 Å². The number of benzene rings is 1. The van der Waals surface area contributed by atoms with Crippen molar-refractivity contribution in [2.24, 2.45) is 0 Å². The van der Waals surface area contributed by atoms with Crippen LogP contribution < -0.4 is 5.32 Å². The van der Waals surface area contributed by atoms with E-state index in [0.717, 1.165) is 31.7 Å². The number of nitrogens with one attached hydrogen (secondary N) is 1. The first-order chi connectivity index (χ1) is 11.2. The highest BCUT2D eigenvalue weighted by Gasteiger charge is 2.20. The highest BCUT2D eigenvalue weighted by atomic mass is 32.1. The normalized spacial score (nSPS) is 14.5. The molecule has 3 rings (SSSR count). The van der Waals surface area contributed by atoms with Gasteiger partial charge in [-0.2, -0.15) is 0 Å². The Morgan fingerprint density at radius 1 is 1.43 bits per heavy atom. The number of carbonyl (C=O) groups excluding carboxylic acids is 1. The fourth-order valence-electron chi connectivity index (χ4n) is 2.70. The Morgan fingerprint density at radius 3 is 3.04 bits per heavy atom. The average molecular weight is 333 g/mol. The number of aryl methyl sites for hydroxylation is 1. The monoisotopic (exact) mass is 333 g/mol. The van der Waals surface area contributed by atoms with Crippen molar-refractivity contribution in [3.05, 3.63) is 46.2 Å². The Morgan fingerprint density at radius 2 is 2.26 bits per heavy atom. The number of fused-ring (bicyclic) bond motifs is 1. The Labute approximate surface area is 139 Å². The van der Waals surface area contributed by atoms with Crippen molar-refractivity contribution in [1.82, 2.24) is 9.88 Å². The number of hydrogen-bond donors (Lipinski definition) is 1. The van der Waals surface area contributed by atoms with Crippen molar-refractivity contribution < 1.29 is 9.18 Å². The lowest BCUT2D eigenvalue weighted by Crippen LogP contribution is -2.29. The van der Waals surface area contributed by atoms with Crippen molar-refractivity contribution in [3.63, 3.8) is 0 Å². The van der Waals surface area contributed by atoms with E-state index in [9.17, 15) is 9.18 Å². The molecular weight excluding hydrogens is 313 g/mol. The van der Waals surface area contributed by atoms with E-state index in [4.69, 9.17) is 0 Å². The molecule has 4 nitrogen and oxygen atoms in total. The smallest absolute Gasteiger partial charge is 0.226 e. The fourth-order valence-corrected chi connectivity index (χ4v) is 3.77. The lowest BCUT2D eigenvalue weighted by Gasteiger charge is -2.23. The SMILES string of the molecule is CCN1CCc2nc(NC(=O)CCc3ccccc3F)sc2C1. The van der Waals surface area contributed by atoms with Crippen LogP contribution in [0.1, 0.15) is 29.5 Å². The second-order valence-corrected chi connectivity index (χ2v) is 6.73. The number of amides is 1. The lowest BCUT2D eigenvalue weighted by atomic mass is 10.1. The number of likely N-dealkylation sites (N-methyl/N-ethyl adjacent to an activating group) is 1. The maximum atomic E-state index is 13.5. The fraction of sp³-hybridized carbons (Fsp3) is 0.412. The van der Waals surface area contributed by atoms with E-state index in [1.807, 2.05) is 0 Å². The Kier molecular flexibility index (Phi) is 5.03. The maximum absolute atomic E-state index is 13.5. The van der Waals surface area contributed by atoms with Crippen LogP contribution in [0.15, 0.2) is 24.3 Å². The molecule has 1 amide bonds. The van der Waals surface area contributed by atoms with Crippen molar-refractivity contribution in [1.29, 1.82) is 0 Å². The van der Waals surface area contributed by atoms with E-state index in [2.05, 4.69) is 22.1 Å². The van der Waals surface area contributed by atoms with Gasteiger partial charge in [-0.25, -0.2) is 9.37 Å². The number of carbonyl (C=O) groups is 1. The van der Waals surface area contributed by atoms with Gasteiger partial charge in [0.1, 0.15) is 5.82 Å².